The van der Waals surface area contributed by atoms with Crippen LogP contribution in [0.4, 0.5) is 5.69 Å². The van der Waals surface area contributed by atoms with Crippen LogP contribution in [0.25, 0.3) is 0 Å². The van der Waals surface area contributed by atoms with Crippen LogP contribution in [0, 0.1) is 0 Å². The van der Waals surface area contributed by atoms with Crippen molar-refractivity contribution >= 4 is 5.69 Å². The summed E-state index contributed by atoms with van der Waals surface area (Å²) in [4.78, 5) is 4.11. The van der Waals surface area contributed by atoms with Crippen molar-refractivity contribution in [2.75, 3.05) is 12.8 Å². The number of methoxy groups -OCH3 is 1. The Morgan fingerprint density at radius 1 is 1.28 bits per heavy atom. The molecule has 94 valence electrons. The van der Waals surface area contributed by atoms with Crippen LogP contribution in [0.15, 0.2) is 36.4 Å². The fourth-order valence-electron chi connectivity index (χ4n) is 1.48. The van der Waals surface area contributed by atoms with Gasteiger partial charge in [-0.05, 0) is 23.8 Å². The highest BCUT2D eigenvalue weighted by Gasteiger charge is 2.05. The third kappa shape index (κ3) is 2.70. The molecule has 0 spiro atoms. The van der Waals surface area contributed by atoms with Crippen LogP contribution in [-0.4, -0.2) is 17.2 Å². The summed E-state index contributed by atoms with van der Waals surface area (Å²) >= 11 is 0. The SMILES string of the molecule is COc1nc(Oc2cccc(CO)c2)ccc1N. The molecule has 0 aliphatic heterocycles. The van der Waals surface area contributed by atoms with Crippen molar-refractivity contribution in [3.63, 3.8) is 0 Å². The van der Waals surface area contributed by atoms with Gasteiger partial charge >= 0.3 is 0 Å². The molecule has 0 saturated carbocycles. The van der Waals surface area contributed by atoms with Gasteiger partial charge in [-0.15, -0.1) is 0 Å². The second kappa shape index (κ2) is 5.37. The third-order valence-electron chi connectivity index (χ3n) is 2.36. The molecular weight excluding hydrogens is 232 g/mol. The van der Waals surface area contributed by atoms with E-state index in [0.29, 0.717) is 23.2 Å². The van der Waals surface area contributed by atoms with Crippen molar-refractivity contribution < 1.29 is 14.6 Å². The van der Waals surface area contributed by atoms with E-state index in [1.165, 1.54) is 7.11 Å². The van der Waals surface area contributed by atoms with Gasteiger partial charge in [-0.1, -0.05) is 12.1 Å². The molecule has 0 atom stereocenters. The lowest BCUT2D eigenvalue weighted by atomic mass is 10.2. The first kappa shape index (κ1) is 12.2. The molecule has 1 heterocycles. The Bertz CT molecular complexity index is 544. The summed E-state index contributed by atoms with van der Waals surface area (Å²) in [5.41, 5.74) is 6.89. The molecule has 0 saturated heterocycles. The lowest BCUT2D eigenvalue weighted by Gasteiger charge is -2.08. The van der Waals surface area contributed by atoms with Crippen molar-refractivity contribution in [3.05, 3.63) is 42.0 Å². The minimum Gasteiger partial charge on any atom is -0.479 e. The normalized spacial score (nSPS) is 10.1. The van der Waals surface area contributed by atoms with E-state index in [1.807, 2.05) is 6.07 Å². The molecule has 0 aliphatic rings. The molecule has 0 radical (unpaired) electrons. The predicted molar refractivity (Wildman–Crippen MR) is 67.6 cm³/mol. The molecule has 0 fully saturated rings. The first-order valence-corrected chi connectivity index (χ1v) is 5.41. The van der Waals surface area contributed by atoms with Crippen LogP contribution >= 0.6 is 0 Å². The Kier molecular flexibility index (Phi) is 3.64. The lowest BCUT2D eigenvalue weighted by Crippen LogP contribution is -1.97. The molecule has 5 nitrogen and oxygen atoms in total. The zero-order valence-electron chi connectivity index (χ0n) is 9.96. The first-order valence-electron chi connectivity index (χ1n) is 5.41. The molecule has 0 unspecified atom stereocenters. The highest BCUT2D eigenvalue weighted by Crippen LogP contribution is 2.26. The molecule has 2 aromatic rings. The molecule has 5 heteroatoms. The molecule has 3 N–H and O–H groups in total. The Hall–Kier alpha value is -2.27. The number of nitrogens with zero attached hydrogens (tertiary/aromatic N) is 1. The fourth-order valence-corrected chi connectivity index (χ4v) is 1.48. The fraction of sp³-hybridized carbons (Fsp3) is 0.154. The van der Waals surface area contributed by atoms with Gasteiger partial charge in [0, 0.05) is 6.07 Å². The van der Waals surface area contributed by atoms with E-state index in [1.54, 1.807) is 30.3 Å². The molecule has 1 aromatic carbocycles. The van der Waals surface area contributed by atoms with Gasteiger partial charge in [-0.25, -0.2) is 0 Å². The van der Waals surface area contributed by atoms with Crippen molar-refractivity contribution in [3.8, 4) is 17.5 Å². The largest absolute Gasteiger partial charge is 0.479 e. The number of nitrogen functional groups attached to an aromatic ring is 1. The van der Waals surface area contributed by atoms with Crippen LogP contribution in [0.5, 0.6) is 17.5 Å². The zero-order valence-corrected chi connectivity index (χ0v) is 9.96. The number of anilines is 1. The van der Waals surface area contributed by atoms with E-state index >= 15 is 0 Å². The first-order chi connectivity index (χ1) is 8.72. The van der Waals surface area contributed by atoms with Gasteiger partial charge in [0.25, 0.3) is 0 Å². The summed E-state index contributed by atoms with van der Waals surface area (Å²) in [5, 5.41) is 9.04. The minimum atomic E-state index is -0.0321. The topological polar surface area (TPSA) is 77.6 Å². The average molecular weight is 246 g/mol. The number of rotatable bonds is 4. The van der Waals surface area contributed by atoms with Gasteiger partial charge in [0.05, 0.1) is 19.4 Å². The third-order valence-corrected chi connectivity index (χ3v) is 2.36. The molecular formula is C13H14N2O3. The number of pyridine rings is 1. The smallest absolute Gasteiger partial charge is 0.240 e. The van der Waals surface area contributed by atoms with Gasteiger partial charge in [-0.2, -0.15) is 4.98 Å². The standard InChI is InChI=1S/C13H14N2O3/c1-17-13-11(14)5-6-12(15-13)18-10-4-2-3-9(7-10)8-16/h2-7,16H,8,14H2,1H3. The Morgan fingerprint density at radius 3 is 2.83 bits per heavy atom. The van der Waals surface area contributed by atoms with Gasteiger partial charge in [0.2, 0.25) is 11.8 Å². The number of aromatic nitrogens is 1. The second-order valence-corrected chi connectivity index (χ2v) is 3.66. The van der Waals surface area contributed by atoms with Crippen LogP contribution in [0.2, 0.25) is 0 Å². The summed E-state index contributed by atoms with van der Waals surface area (Å²) in [7, 11) is 1.49. The number of benzene rings is 1. The van der Waals surface area contributed by atoms with Gasteiger partial charge < -0.3 is 20.3 Å². The maximum atomic E-state index is 9.04. The number of aliphatic hydroxyl groups excluding tert-OH is 1. The van der Waals surface area contributed by atoms with Crippen LogP contribution < -0.4 is 15.2 Å². The van der Waals surface area contributed by atoms with Gasteiger partial charge in [-0.3, -0.25) is 0 Å². The number of nitrogens with two attached hydrogens (primary N) is 1. The zero-order chi connectivity index (χ0) is 13.0. The van der Waals surface area contributed by atoms with E-state index in [2.05, 4.69) is 4.98 Å². The van der Waals surface area contributed by atoms with Crippen LogP contribution in [-0.2, 0) is 6.61 Å². The Labute approximate surface area is 105 Å². The van der Waals surface area contributed by atoms with Gasteiger partial charge in [0.1, 0.15) is 5.75 Å². The van der Waals surface area contributed by atoms with Crippen molar-refractivity contribution in [1.82, 2.24) is 4.98 Å². The summed E-state index contributed by atoms with van der Waals surface area (Å²) in [6.07, 6.45) is 0. The van der Waals surface area contributed by atoms with Crippen molar-refractivity contribution in [2.45, 2.75) is 6.61 Å². The molecule has 0 bridgehead atoms. The summed E-state index contributed by atoms with van der Waals surface area (Å²) in [6, 6.07) is 10.5. The lowest BCUT2D eigenvalue weighted by molar-refractivity contribution is 0.281. The molecule has 18 heavy (non-hydrogen) atoms. The summed E-state index contributed by atoms with van der Waals surface area (Å²) in [5.74, 6) is 1.31. The Morgan fingerprint density at radius 2 is 2.11 bits per heavy atom. The summed E-state index contributed by atoms with van der Waals surface area (Å²) < 4.78 is 10.6. The number of ether oxygens (including phenoxy) is 2. The minimum absolute atomic E-state index is 0.0321. The quantitative estimate of drug-likeness (QED) is 0.862. The van der Waals surface area contributed by atoms with Crippen molar-refractivity contribution in [2.24, 2.45) is 0 Å². The van der Waals surface area contributed by atoms with Crippen LogP contribution in [0.1, 0.15) is 5.56 Å². The molecule has 1 aromatic heterocycles. The monoisotopic (exact) mass is 246 g/mol. The molecule has 0 aliphatic carbocycles. The van der Waals surface area contributed by atoms with Gasteiger partial charge in [0.15, 0.2) is 0 Å². The van der Waals surface area contributed by atoms with E-state index < -0.39 is 0 Å². The summed E-state index contributed by atoms with van der Waals surface area (Å²) in [6.45, 7) is -0.0321. The van der Waals surface area contributed by atoms with E-state index in [0.717, 1.165) is 5.56 Å². The number of aliphatic hydroxyl groups is 1. The van der Waals surface area contributed by atoms with E-state index in [9.17, 15) is 0 Å². The average Bonchev–Trinajstić information content (AvgIpc) is 2.41. The number of hydrogen-bond donors (Lipinski definition) is 2. The Balaban J connectivity index is 2.22. The van der Waals surface area contributed by atoms with E-state index in [-0.39, 0.29) is 6.61 Å². The molecule has 2 rings (SSSR count). The molecule has 0 amide bonds. The van der Waals surface area contributed by atoms with Crippen molar-refractivity contribution in [1.29, 1.82) is 0 Å². The maximum Gasteiger partial charge on any atom is 0.240 e. The van der Waals surface area contributed by atoms with E-state index in [4.69, 9.17) is 20.3 Å². The highest BCUT2D eigenvalue weighted by molar-refractivity contribution is 5.49. The maximum absolute atomic E-state index is 9.04. The van der Waals surface area contributed by atoms with Crippen LogP contribution in [0.3, 0.4) is 0 Å². The predicted octanol–water partition coefficient (Wildman–Crippen LogP) is 1.96. The highest BCUT2D eigenvalue weighted by atomic mass is 16.5. The number of hydrogen-bond acceptors (Lipinski definition) is 5. The second-order valence-electron chi connectivity index (χ2n) is 3.66.